The van der Waals surface area contributed by atoms with Crippen LogP contribution in [-0.4, -0.2) is 25.8 Å². The van der Waals surface area contributed by atoms with Crippen molar-refractivity contribution in [1.82, 2.24) is 25.1 Å². The highest BCUT2D eigenvalue weighted by molar-refractivity contribution is 5.89. The molecule has 134 valence electrons. The zero-order valence-corrected chi connectivity index (χ0v) is 13.7. The molecular weight excluding hydrogens is 337 g/mol. The third-order valence-electron chi connectivity index (χ3n) is 3.93. The lowest BCUT2D eigenvalue weighted by molar-refractivity contribution is -0.138. The Labute approximate surface area is 141 Å². The van der Waals surface area contributed by atoms with Gasteiger partial charge in [-0.1, -0.05) is 0 Å². The maximum absolute atomic E-state index is 12.9. The molecule has 0 unspecified atom stereocenters. The molecule has 3 rings (SSSR count). The van der Waals surface area contributed by atoms with Gasteiger partial charge in [-0.15, -0.1) is 0 Å². The first-order valence-electron chi connectivity index (χ1n) is 7.72. The van der Waals surface area contributed by atoms with Crippen LogP contribution in [0.5, 0.6) is 0 Å². The van der Waals surface area contributed by atoms with E-state index in [-0.39, 0.29) is 12.2 Å². The van der Waals surface area contributed by atoms with Crippen LogP contribution in [0.25, 0.3) is 0 Å². The fraction of sp³-hybridized carbons (Fsp3) is 0.467. The third-order valence-corrected chi connectivity index (χ3v) is 3.93. The van der Waals surface area contributed by atoms with E-state index in [1.165, 1.54) is 13.2 Å². The molecule has 2 aromatic rings. The number of aromatic nitrogens is 4. The molecule has 0 aromatic carbocycles. The van der Waals surface area contributed by atoms with Gasteiger partial charge in [-0.05, 0) is 19.8 Å². The van der Waals surface area contributed by atoms with Crippen molar-refractivity contribution in [3.8, 4) is 0 Å². The lowest BCUT2D eigenvalue weighted by Crippen LogP contribution is -2.30. The van der Waals surface area contributed by atoms with E-state index in [2.05, 4.69) is 25.7 Å². The van der Waals surface area contributed by atoms with Crippen molar-refractivity contribution < 1.29 is 18.0 Å². The topological polar surface area (TPSA) is 84.7 Å². The minimum atomic E-state index is -4.52. The molecule has 1 aliphatic rings. The van der Waals surface area contributed by atoms with Gasteiger partial charge in [0.1, 0.15) is 5.82 Å². The Kier molecular flexibility index (Phi) is 4.36. The van der Waals surface area contributed by atoms with Crippen molar-refractivity contribution in [2.75, 3.05) is 5.32 Å². The van der Waals surface area contributed by atoms with Crippen molar-refractivity contribution in [2.24, 2.45) is 7.05 Å². The summed E-state index contributed by atoms with van der Waals surface area (Å²) in [6.45, 7) is 1.46. The normalized spacial score (nSPS) is 14.4. The van der Waals surface area contributed by atoms with Crippen molar-refractivity contribution in [3.63, 3.8) is 0 Å². The van der Waals surface area contributed by atoms with Gasteiger partial charge in [0.25, 0.3) is 0 Å². The van der Waals surface area contributed by atoms with Gasteiger partial charge in [-0.2, -0.15) is 18.3 Å². The van der Waals surface area contributed by atoms with E-state index in [9.17, 15) is 18.0 Å². The Hall–Kier alpha value is -2.65. The zero-order valence-electron chi connectivity index (χ0n) is 13.7. The molecule has 0 aliphatic heterocycles. The summed E-state index contributed by atoms with van der Waals surface area (Å²) in [5.74, 6) is 0.906. The highest BCUT2D eigenvalue weighted by Crippen LogP contribution is 2.42. The number of anilines is 1. The lowest BCUT2D eigenvalue weighted by Gasteiger charge is -2.13. The highest BCUT2D eigenvalue weighted by Gasteiger charge is 2.36. The Morgan fingerprint density at radius 2 is 2.08 bits per heavy atom. The van der Waals surface area contributed by atoms with E-state index < -0.39 is 17.8 Å². The Morgan fingerprint density at radius 1 is 1.36 bits per heavy atom. The summed E-state index contributed by atoms with van der Waals surface area (Å²) in [6, 6.07) is -0.622. The molecule has 2 aromatic heterocycles. The van der Waals surface area contributed by atoms with E-state index in [0.29, 0.717) is 17.4 Å². The van der Waals surface area contributed by atoms with E-state index in [0.717, 1.165) is 29.4 Å². The lowest BCUT2D eigenvalue weighted by atomic mass is 10.2. The number of rotatable bonds is 4. The molecule has 25 heavy (non-hydrogen) atoms. The van der Waals surface area contributed by atoms with Gasteiger partial charge in [-0.3, -0.25) is 4.68 Å². The molecule has 0 atom stereocenters. The number of nitrogens with zero attached hydrogens (tertiary/aromatic N) is 4. The Morgan fingerprint density at radius 3 is 2.72 bits per heavy atom. The molecule has 7 nitrogen and oxygen atoms in total. The van der Waals surface area contributed by atoms with Crippen LogP contribution < -0.4 is 10.6 Å². The summed E-state index contributed by atoms with van der Waals surface area (Å²) in [7, 11) is 1.39. The van der Waals surface area contributed by atoms with E-state index in [1.54, 1.807) is 6.92 Å². The monoisotopic (exact) mass is 354 g/mol. The van der Waals surface area contributed by atoms with Gasteiger partial charge in [0.05, 0.1) is 41.6 Å². The van der Waals surface area contributed by atoms with Crippen LogP contribution in [0.1, 0.15) is 41.5 Å². The van der Waals surface area contributed by atoms with Crippen LogP contribution in [0.4, 0.5) is 23.7 Å². The minimum absolute atomic E-state index is 0.120. The molecule has 1 aliphatic carbocycles. The standard InChI is InChI=1S/C15H17F3N6O/c1-8-19-6-11(13(22-8)9-3-4-9)23-14(25)20-7-12-10(15(16,17)18)5-21-24(12)2/h5-6,9H,3-4,7H2,1-2H3,(H2,20,23,25). The number of aryl methyl sites for hydroxylation is 2. The van der Waals surface area contributed by atoms with Crippen LogP contribution in [-0.2, 0) is 19.8 Å². The molecule has 1 fully saturated rings. The van der Waals surface area contributed by atoms with Crippen LogP contribution in [0.3, 0.4) is 0 Å². The largest absolute Gasteiger partial charge is 0.419 e. The van der Waals surface area contributed by atoms with E-state index in [4.69, 9.17) is 0 Å². The summed E-state index contributed by atoms with van der Waals surface area (Å²) in [4.78, 5) is 20.5. The van der Waals surface area contributed by atoms with Gasteiger partial charge in [0.15, 0.2) is 0 Å². The number of nitrogens with one attached hydrogen (secondary N) is 2. The summed E-state index contributed by atoms with van der Waals surface area (Å²) >= 11 is 0. The quantitative estimate of drug-likeness (QED) is 0.884. The minimum Gasteiger partial charge on any atom is -0.332 e. The fourth-order valence-electron chi connectivity index (χ4n) is 2.49. The van der Waals surface area contributed by atoms with Gasteiger partial charge >= 0.3 is 12.2 Å². The van der Waals surface area contributed by atoms with Gasteiger partial charge in [0, 0.05) is 13.0 Å². The summed E-state index contributed by atoms with van der Waals surface area (Å²) in [5.41, 5.74) is 0.253. The first kappa shape index (κ1) is 17.2. The molecule has 2 amide bonds. The fourth-order valence-corrected chi connectivity index (χ4v) is 2.49. The number of amides is 2. The highest BCUT2D eigenvalue weighted by atomic mass is 19.4. The smallest absolute Gasteiger partial charge is 0.332 e. The molecule has 0 spiro atoms. The second-order valence-electron chi connectivity index (χ2n) is 5.92. The number of halogens is 3. The van der Waals surface area contributed by atoms with Gasteiger partial charge in [0.2, 0.25) is 0 Å². The predicted molar refractivity (Wildman–Crippen MR) is 82.8 cm³/mol. The second kappa shape index (κ2) is 6.34. The number of carbonyl (C=O) groups excluding carboxylic acids is 1. The summed E-state index contributed by atoms with van der Waals surface area (Å²) in [5, 5.41) is 8.64. The molecule has 0 bridgehead atoms. The Bertz CT molecular complexity index is 797. The first-order chi connectivity index (χ1) is 11.8. The SMILES string of the molecule is Cc1ncc(NC(=O)NCc2c(C(F)(F)F)cnn2C)c(C2CC2)n1. The van der Waals surface area contributed by atoms with Crippen molar-refractivity contribution in [2.45, 2.75) is 38.4 Å². The third kappa shape index (κ3) is 3.89. The number of alkyl halides is 3. The second-order valence-corrected chi connectivity index (χ2v) is 5.92. The molecule has 2 N–H and O–H groups in total. The molecule has 2 heterocycles. The van der Waals surface area contributed by atoms with Gasteiger partial charge in [-0.25, -0.2) is 14.8 Å². The summed E-state index contributed by atoms with van der Waals surface area (Å²) in [6.07, 6.45) is -0.270. The first-order valence-corrected chi connectivity index (χ1v) is 7.72. The number of urea groups is 1. The zero-order chi connectivity index (χ0) is 18.2. The van der Waals surface area contributed by atoms with Crippen LogP contribution in [0.15, 0.2) is 12.4 Å². The molecule has 0 radical (unpaired) electrons. The van der Waals surface area contributed by atoms with Crippen LogP contribution in [0.2, 0.25) is 0 Å². The maximum atomic E-state index is 12.9. The van der Waals surface area contributed by atoms with Crippen LogP contribution >= 0.6 is 0 Å². The number of hydrogen-bond donors (Lipinski definition) is 2. The molecule has 10 heteroatoms. The van der Waals surface area contributed by atoms with Gasteiger partial charge < -0.3 is 10.6 Å². The predicted octanol–water partition coefficient (Wildman–Crippen LogP) is 2.74. The van der Waals surface area contributed by atoms with Crippen molar-refractivity contribution in [3.05, 3.63) is 35.2 Å². The summed E-state index contributed by atoms with van der Waals surface area (Å²) < 4.78 is 39.9. The Balaban J connectivity index is 1.68. The molecule has 1 saturated carbocycles. The van der Waals surface area contributed by atoms with Crippen LogP contribution in [0, 0.1) is 6.92 Å². The van der Waals surface area contributed by atoms with Crippen molar-refractivity contribution >= 4 is 11.7 Å². The van der Waals surface area contributed by atoms with E-state index in [1.807, 2.05) is 0 Å². The average molecular weight is 354 g/mol. The number of carbonyl (C=O) groups is 1. The molecule has 0 saturated heterocycles. The average Bonchev–Trinajstić information content (AvgIpc) is 3.29. The molecular formula is C15H17F3N6O. The van der Waals surface area contributed by atoms with E-state index >= 15 is 0 Å². The number of hydrogen-bond acceptors (Lipinski definition) is 4. The maximum Gasteiger partial charge on any atom is 0.419 e. The van der Waals surface area contributed by atoms with Crippen molar-refractivity contribution in [1.29, 1.82) is 0 Å².